The lowest BCUT2D eigenvalue weighted by molar-refractivity contribution is 0.0467. The number of ether oxygens (including phenoxy) is 1. The van der Waals surface area contributed by atoms with Crippen molar-refractivity contribution in [2.24, 2.45) is 0 Å². The van der Waals surface area contributed by atoms with Crippen LogP contribution in [0.1, 0.15) is 53.1 Å². The predicted octanol–water partition coefficient (Wildman–Crippen LogP) is 3.55. The molecule has 1 heterocycles. The quantitative estimate of drug-likeness (QED) is 0.840. The van der Waals surface area contributed by atoms with Gasteiger partial charge in [-0.2, -0.15) is 0 Å². The molecular formula is C21H22N2O4. The molecule has 0 unspecified atom stereocenters. The highest BCUT2D eigenvalue weighted by molar-refractivity contribution is 6.21. The highest BCUT2D eigenvalue weighted by Gasteiger charge is 2.40. The van der Waals surface area contributed by atoms with Crippen molar-refractivity contribution >= 4 is 17.9 Å². The van der Waals surface area contributed by atoms with E-state index in [1.165, 1.54) is 4.90 Å². The summed E-state index contributed by atoms with van der Waals surface area (Å²) in [5, 5.41) is 2.68. The van der Waals surface area contributed by atoms with Crippen molar-refractivity contribution in [2.45, 2.75) is 32.4 Å². The second-order valence-corrected chi connectivity index (χ2v) is 7.34. The molecule has 140 valence electrons. The summed E-state index contributed by atoms with van der Waals surface area (Å²) in [6.45, 7) is 5.37. The Balaban J connectivity index is 1.87. The summed E-state index contributed by atoms with van der Waals surface area (Å²) in [7, 11) is 0. The summed E-state index contributed by atoms with van der Waals surface area (Å²) in [5.41, 5.74) is 0.867. The Bertz CT molecular complexity index is 836. The summed E-state index contributed by atoms with van der Waals surface area (Å²) in [6, 6.07) is 15.2. The highest BCUT2D eigenvalue weighted by Crippen LogP contribution is 2.31. The summed E-state index contributed by atoms with van der Waals surface area (Å²) in [4.78, 5) is 39.0. The molecule has 1 aliphatic rings. The monoisotopic (exact) mass is 366 g/mol. The molecule has 0 radical (unpaired) electrons. The van der Waals surface area contributed by atoms with Gasteiger partial charge < -0.3 is 10.1 Å². The van der Waals surface area contributed by atoms with Crippen LogP contribution in [0.25, 0.3) is 0 Å². The van der Waals surface area contributed by atoms with Crippen LogP contribution in [0.2, 0.25) is 0 Å². The first-order valence-electron chi connectivity index (χ1n) is 8.76. The summed E-state index contributed by atoms with van der Waals surface area (Å²) >= 11 is 0. The van der Waals surface area contributed by atoms with E-state index in [0.717, 1.165) is 5.56 Å². The van der Waals surface area contributed by atoms with Crippen LogP contribution in [0, 0.1) is 0 Å². The van der Waals surface area contributed by atoms with E-state index in [1.54, 1.807) is 45.0 Å². The maximum atomic E-state index is 12.9. The Morgan fingerprint density at radius 2 is 1.48 bits per heavy atom. The van der Waals surface area contributed by atoms with Gasteiger partial charge in [0.2, 0.25) is 0 Å². The average Bonchev–Trinajstić information content (AvgIpc) is 2.87. The first kappa shape index (κ1) is 18.6. The van der Waals surface area contributed by atoms with E-state index in [9.17, 15) is 14.4 Å². The molecule has 2 aromatic carbocycles. The van der Waals surface area contributed by atoms with Crippen LogP contribution in [0.15, 0.2) is 54.6 Å². The number of nitrogens with one attached hydrogen (secondary N) is 1. The molecule has 0 saturated heterocycles. The van der Waals surface area contributed by atoms with Crippen LogP contribution in [0.3, 0.4) is 0 Å². The predicted molar refractivity (Wildman–Crippen MR) is 100 cm³/mol. The van der Waals surface area contributed by atoms with Gasteiger partial charge in [0.05, 0.1) is 17.2 Å². The van der Waals surface area contributed by atoms with E-state index in [1.807, 2.05) is 30.3 Å². The number of imide groups is 1. The minimum atomic E-state index is -0.637. The summed E-state index contributed by atoms with van der Waals surface area (Å²) < 4.78 is 5.26. The number of nitrogens with zero attached hydrogens (tertiary/aromatic N) is 1. The third-order valence-corrected chi connectivity index (χ3v) is 4.16. The van der Waals surface area contributed by atoms with Crippen molar-refractivity contribution in [1.29, 1.82) is 0 Å². The molecule has 3 rings (SSSR count). The standard InChI is InChI=1S/C21H22N2O4/c1-21(2,3)27-20(26)22-13-17(14-9-5-4-6-10-14)23-18(24)15-11-7-8-12-16(15)19(23)25/h4-12,17H,13H2,1-3H3,(H,22,26)/t17-/m0/s1. The van der Waals surface area contributed by atoms with Gasteiger partial charge in [0, 0.05) is 6.54 Å². The molecule has 0 aromatic heterocycles. The van der Waals surface area contributed by atoms with Gasteiger partial charge >= 0.3 is 6.09 Å². The third-order valence-electron chi connectivity index (χ3n) is 4.16. The molecule has 3 amide bonds. The number of hydrogen-bond donors (Lipinski definition) is 1. The first-order chi connectivity index (χ1) is 12.8. The maximum absolute atomic E-state index is 12.9. The van der Waals surface area contributed by atoms with Crippen molar-refractivity contribution < 1.29 is 19.1 Å². The van der Waals surface area contributed by atoms with Gasteiger partial charge in [0.1, 0.15) is 5.60 Å². The van der Waals surface area contributed by atoms with Crippen LogP contribution in [-0.2, 0) is 4.74 Å². The fourth-order valence-corrected chi connectivity index (χ4v) is 3.02. The Hall–Kier alpha value is -3.15. The van der Waals surface area contributed by atoms with Gasteiger partial charge in [-0.3, -0.25) is 14.5 Å². The number of fused-ring (bicyclic) bond motifs is 1. The zero-order valence-corrected chi connectivity index (χ0v) is 15.6. The van der Waals surface area contributed by atoms with Gasteiger partial charge in [-0.25, -0.2) is 4.79 Å². The number of carbonyl (C=O) groups is 3. The lowest BCUT2D eigenvalue weighted by Crippen LogP contribution is -2.42. The highest BCUT2D eigenvalue weighted by atomic mass is 16.6. The van der Waals surface area contributed by atoms with Gasteiger partial charge in [0.25, 0.3) is 11.8 Å². The molecule has 1 atom stereocenters. The zero-order valence-electron chi connectivity index (χ0n) is 15.6. The van der Waals surface area contributed by atoms with Crippen LogP contribution >= 0.6 is 0 Å². The van der Waals surface area contributed by atoms with Gasteiger partial charge in [-0.05, 0) is 38.5 Å². The van der Waals surface area contributed by atoms with Crippen LogP contribution in [0.5, 0.6) is 0 Å². The molecule has 6 nitrogen and oxygen atoms in total. The van der Waals surface area contributed by atoms with Gasteiger partial charge in [0.15, 0.2) is 0 Å². The van der Waals surface area contributed by atoms with Gasteiger partial charge in [-0.1, -0.05) is 42.5 Å². The normalized spacial score (nSPS) is 14.7. The number of rotatable bonds is 4. The average molecular weight is 366 g/mol. The van der Waals surface area contributed by atoms with Crippen molar-refractivity contribution in [1.82, 2.24) is 10.2 Å². The second-order valence-electron chi connectivity index (χ2n) is 7.34. The smallest absolute Gasteiger partial charge is 0.407 e. The van der Waals surface area contributed by atoms with E-state index in [-0.39, 0.29) is 18.4 Å². The van der Waals surface area contributed by atoms with E-state index < -0.39 is 17.7 Å². The molecule has 27 heavy (non-hydrogen) atoms. The zero-order chi connectivity index (χ0) is 19.6. The fraction of sp³-hybridized carbons (Fsp3) is 0.286. The van der Waals surface area contributed by atoms with E-state index >= 15 is 0 Å². The first-order valence-corrected chi connectivity index (χ1v) is 8.76. The van der Waals surface area contributed by atoms with Crippen molar-refractivity contribution in [3.8, 4) is 0 Å². The molecule has 0 bridgehead atoms. The molecule has 0 aliphatic carbocycles. The Labute approximate surface area is 158 Å². The summed E-state index contributed by atoms with van der Waals surface area (Å²) in [6.07, 6.45) is -0.597. The van der Waals surface area contributed by atoms with Crippen molar-refractivity contribution in [3.05, 3.63) is 71.3 Å². The lowest BCUT2D eigenvalue weighted by atomic mass is 10.1. The molecule has 2 aromatic rings. The fourth-order valence-electron chi connectivity index (χ4n) is 3.02. The van der Waals surface area contributed by atoms with Gasteiger partial charge in [-0.15, -0.1) is 0 Å². The minimum absolute atomic E-state index is 0.0599. The molecule has 1 N–H and O–H groups in total. The van der Waals surface area contributed by atoms with Crippen LogP contribution in [0.4, 0.5) is 4.79 Å². The van der Waals surface area contributed by atoms with Crippen LogP contribution < -0.4 is 5.32 Å². The molecular weight excluding hydrogens is 344 g/mol. The van der Waals surface area contributed by atoms with Crippen LogP contribution in [-0.4, -0.2) is 35.0 Å². The van der Waals surface area contributed by atoms with E-state index in [2.05, 4.69) is 5.32 Å². The van der Waals surface area contributed by atoms with E-state index in [0.29, 0.717) is 11.1 Å². The molecule has 0 saturated carbocycles. The Morgan fingerprint density at radius 1 is 0.963 bits per heavy atom. The Morgan fingerprint density at radius 3 is 2.00 bits per heavy atom. The molecule has 6 heteroatoms. The number of hydrogen-bond acceptors (Lipinski definition) is 4. The number of benzene rings is 2. The third kappa shape index (κ3) is 4.00. The van der Waals surface area contributed by atoms with Crippen molar-refractivity contribution in [2.75, 3.05) is 6.54 Å². The number of alkyl carbamates (subject to hydrolysis) is 1. The molecule has 0 fully saturated rings. The lowest BCUT2D eigenvalue weighted by Gasteiger charge is -2.27. The SMILES string of the molecule is CC(C)(C)OC(=O)NC[C@@H](c1ccccc1)N1C(=O)c2ccccc2C1=O. The largest absolute Gasteiger partial charge is 0.444 e. The second kappa shape index (κ2) is 7.23. The minimum Gasteiger partial charge on any atom is -0.444 e. The number of carbonyl (C=O) groups excluding carboxylic acids is 3. The Kier molecular flexibility index (Phi) is 4.99. The molecule has 0 spiro atoms. The summed E-state index contributed by atoms with van der Waals surface area (Å²) in [5.74, 6) is -0.731. The maximum Gasteiger partial charge on any atom is 0.407 e. The molecule has 1 aliphatic heterocycles. The topological polar surface area (TPSA) is 75.7 Å². The van der Waals surface area contributed by atoms with E-state index in [4.69, 9.17) is 4.74 Å². The number of amides is 3. The van der Waals surface area contributed by atoms with Crippen molar-refractivity contribution in [3.63, 3.8) is 0 Å².